The van der Waals surface area contributed by atoms with E-state index in [-0.39, 0.29) is 12.5 Å². The highest BCUT2D eigenvalue weighted by Crippen LogP contribution is 2.20. The SMILES string of the molecule is CNc1ccc(C(=O)NCC(N)=O)s1. The molecule has 0 aromatic carbocycles. The van der Waals surface area contributed by atoms with Gasteiger partial charge in [-0.2, -0.15) is 0 Å². The molecule has 0 aliphatic heterocycles. The summed E-state index contributed by atoms with van der Waals surface area (Å²) in [7, 11) is 1.77. The quantitative estimate of drug-likeness (QED) is 0.658. The number of primary amides is 1. The Balaban J connectivity index is 2.56. The van der Waals surface area contributed by atoms with Crippen LogP contribution in [0.3, 0.4) is 0 Å². The lowest BCUT2D eigenvalue weighted by molar-refractivity contribution is -0.117. The number of carbonyl (C=O) groups excluding carboxylic acids is 2. The lowest BCUT2D eigenvalue weighted by atomic mass is 10.4. The first-order valence-electron chi connectivity index (χ1n) is 3.97. The van der Waals surface area contributed by atoms with Gasteiger partial charge in [0.25, 0.3) is 5.91 Å². The van der Waals surface area contributed by atoms with Crippen molar-refractivity contribution >= 4 is 28.2 Å². The number of nitrogens with one attached hydrogen (secondary N) is 2. The lowest BCUT2D eigenvalue weighted by Crippen LogP contribution is -2.32. The van der Waals surface area contributed by atoms with Crippen molar-refractivity contribution in [3.63, 3.8) is 0 Å². The van der Waals surface area contributed by atoms with Crippen LogP contribution in [0.4, 0.5) is 5.00 Å². The second-order valence-corrected chi connectivity index (χ2v) is 3.65. The van der Waals surface area contributed by atoms with Crippen LogP contribution in [0, 0.1) is 0 Å². The second-order valence-electron chi connectivity index (χ2n) is 2.56. The van der Waals surface area contributed by atoms with E-state index in [4.69, 9.17) is 5.73 Å². The lowest BCUT2D eigenvalue weighted by Gasteiger charge is -1.98. The van der Waals surface area contributed by atoms with E-state index in [2.05, 4.69) is 10.6 Å². The van der Waals surface area contributed by atoms with E-state index < -0.39 is 5.91 Å². The maximum atomic E-state index is 11.3. The maximum Gasteiger partial charge on any atom is 0.261 e. The molecule has 0 atom stereocenters. The zero-order valence-electron chi connectivity index (χ0n) is 7.66. The molecule has 0 radical (unpaired) electrons. The van der Waals surface area contributed by atoms with Crippen LogP contribution in [0.15, 0.2) is 12.1 Å². The molecule has 0 aliphatic carbocycles. The third-order valence-corrected chi connectivity index (χ3v) is 2.60. The van der Waals surface area contributed by atoms with Gasteiger partial charge in [0.15, 0.2) is 0 Å². The van der Waals surface area contributed by atoms with Crippen LogP contribution in [0.5, 0.6) is 0 Å². The summed E-state index contributed by atoms with van der Waals surface area (Å²) in [4.78, 5) is 22.3. The van der Waals surface area contributed by atoms with Crippen LogP contribution in [0.25, 0.3) is 0 Å². The van der Waals surface area contributed by atoms with E-state index in [0.717, 1.165) is 5.00 Å². The van der Waals surface area contributed by atoms with Gasteiger partial charge >= 0.3 is 0 Å². The molecule has 1 rings (SSSR count). The standard InChI is InChI=1S/C8H11N3O2S/c1-10-7-3-2-5(14-7)8(13)11-4-6(9)12/h2-3,10H,4H2,1H3,(H2,9,12)(H,11,13). The molecule has 1 aromatic heterocycles. The van der Waals surface area contributed by atoms with Gasteiger partial charge in [-0.25, -0.2) is 0 Å². The van der Waals surface area contributed by atoms with E-state index in [1.54, 1.807) is 19.2 Å². The molecular formula is C8H11N3O2S. The van der Waals surface area contributed by atoms with Crippen molar-refractivity contribution < 1.29 is 9.59 Å². The fourth-order valence-corrected chi connectivity index (χ4v) is 1.62. The van der Waals surface area contributed by atoms with Crippen molar-refractivity contribution in [3.8, 4) is 0 Å². The Morgan fingerprint density at radius 3 is 2.71 bits per heavy atom. The van der Waals surface area contributed by atoms with Gasteiger partial charge in [-0.15, -0.1) is 11.3 Å². The van der Waals surface area contributed by atoms with Gasteiger partial charge in [0.05, 0.1) is 16.4 Å². The number of anilines is 1. The normalized spacial score (nSPS) is 9.50. The Hall–Kier alpha value is -1.56. The third kappa shape index (κ3) is 2.74. The zero-order chi connectivity index (χ0) is 10.6. The number of hydrogen-bond donors (Lipinski definition) is 3. The van der Waals surface area contributed by atoms with E-state index >= 15 is 0 Å². The number of hydrogen-bond acceptors (Lipinski definition) is 4. The van der Waals surface area contributed by atoms with E-state index in [9.17, 15) is 9.59 Å². The van der Waals surface area contributed by atoms with Crippen molar-refractivity contribution in [2.24, 2.45) is 5.73 Å². The summed E-state index contributed by atoms with van der Waals surface area (Å²) in [6.07, 6.45) is 0. The average Bonchev–Trinajstić information content (AvgIpc) is 2.62. The molecule has 14 heavy (non-hydrogen) atoms. The first kappa shape index (κ1) is 10.5. The number of thiophene rings is 1. The van der Waals surface area contributed by atoms with Gasteiger partial charge in [-0.1, -0.05) is 0 Å². The minimum atomic E-state index is -0.552. The number of amides is 2. The van der Waals surface area contributed by atoms with E-state index in [1.807, 2.05) is 0 Å². The van der Waals surface area contributed by atoms with Crippen molar-refractivity contribution in [1.82, 2.24) is 5.32 Å². The highest BCUT2D eigenvalue weighted by molar-refractivity contribution is 7.17. The molecule has 4 N–H and O–H groups in total. The Bertz CT molecular complexity index is 348. The molecule has 5 nitrogen and oxygen atoms in total. The van der Waals surface area contributed by atoms with Crippen LogP contribution < -0.4 is 16.4 Å². The fourth-order valence-electron chi connectivity index (χ4n) is 0.849. The van der Waals surface area contributed by atoms with Crippen molar-refractivity contribution in [2.45, 2.75) is 0 Å². The molecule has 0 saturated carbocycles. The molecule has 1 heterocycles. The fraction of sp³-hybridized carbons (Fsp3) is 0.250. The van der Waals surface area contributed by atoms with E-state index in [1.165, 1.54) is 11.3 Å². The number of carbonyl (C=O) groups is 2. The Kier molecular flexibility index (Phi) is 3.47. The zero-order valence-corrected chi connectivity index (χ0v) is 8.48. The molecule has 0 aliphatic rings. The maximum absolute atomic E-state index is 11.3. The third-order valence-electron chi connectivity index (χ3n) is 1.50. The van der Waals surface area contributed by atoms with Crippen LogP contribution >= 0.6 is 11.3 Å². The van der Waals surface area contributed by atoms with E-state index in [0.29, 0.717) is 4.88 Å². The summed E-state index contributed by atoms with van der Waals surface area (Å²) < 4.78 is 0. The summed E-state index contributed by atoms with van der Waals surface area (Å²) in [6.45, 7) is -0.133. The smallest absolute Gasteiger partial charge is 0.261 e. The molecule has 76 valence electrons. The minimum Gasteiger partial charge on any atom is -0.380 e. The summed E-state index contributed by atoms with van der Waals surface area (Å²) >= 11 is 1.32. The monoisotopic (exact) mass is 213 g/mol. The summed E-state index contributed by atoms with van der Waals surface area (Å²) in [5.74, 6) is -0.834. The Morgan fingerprint density at radius 2 is 2.21 bits per heavy atom. The van der Waals surface area contributed by atoms with Gasteiger partial charge in [0, 0.05) is 7.05 Å². The second kappa shape index (κ2) is 4.61. The summed E-state index contributed by atoms with van der Waals surface area (Å²) in [6, 6.07) is 3.48. The first-order chi connectivity index (χ1) is 6.63. The summed E-state index contributed by atoms with van der Waals surface area (Å²) in [5, 5.41) is 6.22. The molecule has 2 amide bonds. The molecule has 0 unspecified atom stereocenters. The van der Waals surface area contributed by atoms with Gasteiger partial charge in [0.1, 0.15) is 0 Å². The van der Waals surface area contributed by atoms with Crippen LogP contribution in [-0.2, 0) is 4.79 Å². The first-order valence-corrected chi connectivity index (χ1v) is 4.79. The van der Waals surface area contributed by atoms with Crippen molar-refractivity contribution in [2.75, 3.05) is 18.9 Å². The molecule has 0 fully saturated rings. The molecule has 1 aromatic rings. The van der Waals surface area contributed by atoms with Crippen molar-refractivity contribution in [3.05, 3.63) is 17.0 Å². The van der Waals surface area contributed by atoms with Crippen LogP contribution in [0.2, 0.25) is 0 Å². The Labute approximate surface area is 85.3 Å². The van der Waals surface area contributed by atoms with Crippen LogP contribution in [-0.4, -0.2) is 25.4 Å². The van der Waals surface area contributed by atoms with Gasteiger partial charge in [-0.3, -0.25) is 9.59 Å². The molecule has 0 spiro atoms. The number of rotatable bonds is 4. The summed E-state index contributed by atoms with van der Waals surface area (Å²) in [5.41, 5.74) is 4.89. The van der Waals surface area contributed by atoms with Gasteiger partial charge in [-0.05, 0) is 12.1 Å². The predicted octanol–water partition coefficient (Wildman–Crippen LogP) is 0.00490. The number of nitrogens with two attached hydrogens (primary N) is 1. The molecule has 0 saturated heterocycles. The molecule has 0 bridgehead atoms. The highest BCUT2D eigenvalue weighted by atomic mass is 32.1. The Morgan fingerprint density at radius 1 is 1.50 bits per heavy atom. The predicted molar refractivity (Wildman–Crippen MR) is 55.4 cm³/mol. The van der Waals surface area contributed by atoms with Crippen LogP contribution in [0.1, 0.15) is 9.67 Å². The molecule has 6 heteroatoms. The van der Waals surface area contributed by atoms with Gasteiger partial charge < -0.3 is 16.4 Å². The molecular weight excluding hydrogens is 202 g/mol. The van der Waals surface area contributed by atoms with Crippen molar-refractivity contribution in [1.29, 1.82) is 0 Å². The average molecular weight is 213 g/mol. The minimum absolute atomic E-state index is 0.133. The topological polar surface area (TPSA) is 84.2 Å². The largest absolute Gasteiger partial charge is 0.380 e. The van der Waals surface area contributed by atoms with Gasteiger partial charge in [0.2, 0.25) is 5.91 Å². The highest BCUT2D eigenvalue weighted by Gasteiger charge is 2.08.